The molecule has 7 nitrogen and oxygen atoms in total. The number of phenols is 1. The number of aliphatic hydroxyl groups excluding tert-OH is 1. The number of dihydropyridines is 1. The highest BCUT2D eigenvalue weighted by Gasteiger charge is 2.24. The normalized spacial score (nSPS) is 25.5. The number of phenolic OH excluding ortho intramolecular Hbond substituents is 1. The quantitative estimate of drug-likeness (QED) is 0.306. The maximum absolute atomic E-state index is 11.0. The van der Waals surface area contributed by atoms with E-state index >= 15 is 0 Å². The number of aromatic hydroxyl groups is 1. The molecule has 0 saturated carbocycles. The van der Waals surface area contributed by atoms with E-state index in [2.05, 4.69) is 47.1 Å². The van der Waals surface area contributed by atoms with Gasteiger partial charge in [-0.15, -0.1) is 0 Å². The van der Waals surface area contributed by atoms with Gasteiger partial charge in [0, 0.05) is 40.2 Å². The second kappa shape index (κ2) is 11.4. The SMILES string of the molecule is CC1C#CC2=CC(N)NC3=C2COC(CCC1)CC(O)CCc1ccc(O)c(c1)OCc1cccc2cn3cc12. The topological polar surface area (TPSA) is 102 Å². The molecule has 40 heavy (non-hydrogen) atoms. The van der Waals surface area contributed by atoms with Gasteiger partial charge in [0.15, 0.2) is 11.5 Å². The molecule has 3 aliphatic heterocycles. The Morgan fingerprint density at radius 2 is 2.00 bits per heavy atom. The minimum absolute atomic E-state index is 0.0844. The van der Waals surface area contributed by atoms with Gasteiger partial charge in [-0.1, -0.05) is 43.0 Å². The Kier molecular flexibility index (Phi) is 7.57. The number of ether oxygens (including phenoxy) is 2. The van der Waals surface area contributed by atoms with Crippen molar-refractivity contribution in [2.45, 2.75) is 70.4 Å². The minimum Gasteiger partial charge on any atom is -0.504 e. The van der Waals surface area contributed by atoms with Crippen molar-refractivity contribution in [3.8, 4) is 23.3 Å². The number of nitrogens with one attached hydrogen (secondary N) is 1. The highest BCUT2D eigenvalue weighted by molar-refractivity contribution is 5.87. The van der Waals surface area contributed by atoms with Crippen LogP contribution in [0.5, 0.6) is 11.5 Å². The van der Waals surface area contributed by atoms with Crippen LogP contribution in [0.2, 0.25) is 0 Å². The first-order chi connectivity index (χ1) is 19.4. The second-order valence-electron chi connectivity index (χ2n) is 11.2. The van der Waals surface area contributed by atoms with Crippen LogP contribution in [0.4, 0.5) is 0 Å². The van der Waals surface area contributed by atoms with Crippen molar-refractivity contribution in [3.05, 3.63) is 77.1 Å². The first-order valence-corrected chi connectivity index (χ1v) is 14.3. The van der Waals surface area contributed by atoms with Gasteiger partial charge in [-0.05, 0) is 67.9 Å². The van der Waals surface area contributed by atoms with Crippen LogP contribution in [-0.2, 0) is 17.8 Å². The number of benzene rings is 2. The Morgan fingerprint density at radius 1 is 1.10 bits per heavy atom. The molecule has 2 aromatic carbocycles. The molecule has 3 aromatic rings. The molecular weight excluding hydrogens is 502 g/mol. The Balaban J connectivity index is 1.47. The summed E-state index contributed by atoms with van der Waals surface area (Å²) in [7, 11) is 0. The number of aliphatic hydroxyl groups is 1. The molecule has 7 heteroatoms. The van der Waals surface area contributed by atoms with E-state index < -0.39 is 6.10 Å². The van der Waals surface area contributed by atoms with Crippen molar-refractivity contribution in [2.24, 2.45) is 11.7 Å². The van der Waals surface area contributed by atoms with E-state index in [4.69, 9.17) is 15.2 Å². The monoisotopic (exact) mass is 539 g/mol. The van der Waals surface area contributed by atoms with E-state index in [0.717, 1.165) is 58.1 Å². The number of hydrogen-bond acceptors (Lipinski definition) is 6. The summed E-state index contributed by atoms with van der Waals surface area (Å²) >= 11 is 0. The fourth-order valence-corrected chi connectivity index (χ4v) is 5.81. The Hall–Kier alpha value is -3.70. The largest absolute Gasteiger partial charge is 0.504 e. The van der Waals surface area contributed by atoms with Gasteiger partial charge in [0.25, 0.3) is 0 Å². The van der Waals surface area contributed by atoms with Gasteiger partial charge in [0.2, 0.25) is 0 Å². The molecule has 4 unspecified atom stereocenters. The molecule has 0 amide bonds. The maximum Gasteiger partial charge on any atom is 0.161 e. The van der Waals surface area contributed by atoms with Crippen LogP contribution in [0.15, 0.2) is 66.0 Å². The lowest BCUT2D eigenvalue weighted by molar-refractivity contribution is 0.0168. The number of fused-ring (bicyclic) bond motifs is 6. The summed E-state index contributed by atoms with van der Waals surface area (Å²) in [4.78, 5) is 0. The number of hydrogen-bond donors (Lipinski definition) is 4. The lowest BCUT2D eigenvalue weighted by Crippen LogP contribution is -2.40. The summed E-state index contributed by atoms with van der Waals surface area (Å²) in [5.74, 6) is 8.49. The van der Waals surface area contributed by atoms with Crippen molar-refractivity contribution < 1.29 is 19.7 Å². The molecule has 6 bridgehead atoms. The number of nitrogens with two attached hydrogens (primary N) is 1. The third-order valence-corrected chi connectivity index (χ3v) is 8.08. The molecule has 0 radical (unpaired) electrons. The van der Waals surface area contributed by atoms with E-state index in [1.54, 1.807) is 6.07 Å². The molecule has 0 saturated heterocycles. The number of aromatic nitrogens is 1. The summed E-state index contributed by atoms with van der Waals surface area (Å²) in [6.07, 6.45) is 9.83. The number of rotatable bonds is 0. The predicted octanol–water partition coefficient (Wildman–Crippen LogP) is 4.81. The molecule has 0 spiro atoms. The first-order valence-electron chi connectivity index (χ1n) is 14.3. The molecule has 6 rings (SSSR count). The van der Waals surface area contributed by atoms with Gasteiger partial charge in [-0.25, -0.2) is 0 Å². The van der Waals surface area contributed by atoms with Crippen molar-refractivity contribution in [2.75, 3.05) is 6.61 Å². The summed E-state index contributed by atoms with van der Waals surface area (Å²) in [6, 6.07) is 11.6. The van der Waals surface area contributed by atoms with Crippen LogP contribution in [-0.4, -0.2) is 39.8 Å². The molecule has 4 heterocycles. The average Bonchev–Trinajstić information content (AvgIpc) is 3.37. The Bertz CT molecular complexity index is 1530. The van der Waals surface area contributed by atoms with Crippen molar-refractivity contribution in [1.82, 2.24) is 9.88 Å². The number of nitrogens with zero attached hydrogens (tertiary/aromatic N) is 1. The van der Waals surface area contributed by atoms with Crippen LogP contribution >= 0.6 is 0 Å². The van der Waals surface area contributed by atoms with Crippen LogP contribution < -0.4 is 15.8 Å². The highest BCUT2D eigenvalue weighted by Crippen LogP contribution is 2.32. The van der Waals surface area contributed by atoms with Crippen molar-refractivity contribution in [1.29, 1.82) is 0 Å². The zero-order chi connectivity index (χ0) is 27.6. The van der Waals surface area contributed by atoms with Gasteiger partial charge in [-0.3, -0.25) is 0 Å². The molecule has 4 atom stereocenters. The molecule has 208 valence electrons. The smallest absolute Gasteiger partial charge is 0.161 e. The van der Waals surface area contributed by atoms with E-state index in [9.17, 15) is 10.2 Å². The molecule has 0 aliphatic carbocycles. The third-order valence-electron chi connectivity index (χ3n) is 8.08. The average molecular weight is 540 g/mol. The van der Waals surface area contributed by atoms with Gasteiger partial charge < -0.3 is 35.3 Å². The summed E-state index contributed by atoms with van der Waals surface area (Å²) in [6.45, 7) is 2.84. The molecule has 0 fully saturated rings. The van der Waals surface area contributed by atoms with Gasteiger partial charge in [0.1, 0.15) is 12.4 Å². The first kappa shape index (κ1) is 26.5. The standard InChI is InChI=1S/C33H37N3O4/c1-21-4-2-7-27-16-26(37)12-9-22-10-13-30(38)31(14-22)40-19-25-6-3-5-24-17-36(18-28(24)25)33-29(20-39-27)23(11-8-21)15-32(34)35-33/h3,5-6,10,13-15,17-18,21,26-27,32,35,37-38H,2,4,7,9,12,16,19-20,34H2,1H3. The van der Waals surface area contributed by atoms with Crippen LogP contribution in [0.3, 0.4) is 0 Å². The lowest BCUT2D eigenvalue weighted by atomic mass is 9.97. The highest BCUT2D eigenvalue weighted by atomic mass is 16.5. The molecular formula is C33H37N3O4. The Labute approximate surface area is 235 Å². The Morgan fingerprint density at radius 3 is 2.90 bits per heavy atom. The van der Waals surface area contributed by atoms with E-state index in [1.165, 1.54) is 0 Å². The van der Waals surface area contributed by atoms with E-state index in [-0.39, 0.29) is 23.9 Å². The van der Waals surface area contributed by atoms with Gasteiger partial charge in [-0.2, -0.15) is 0 Å². The summed E-state index contributed by atoms with van der Waals surface area (Å²) < 4.78 is 14.8. The van der Waals surface area contributed by atoms with E-state index in [1.807, 2.05) is 30.3 Å². The maximum atomic E-state index is 11.0. The predicted molar refractivity (Wildman–Crippen MR) is 156 cm³/mol. The van der Waals surface area contributed by atoms with Crippen molar-refractivity contribution >= 4 is 16.6 Å². The van der Waals surface area contributed by atoms with Crippen LogP contribution in [0.25, 0.3) is 16.6 Å². The fourth-order valence-electron chi connectivity index (χ4n) is 5.81. The van der Waals surface area contributed by atoms with Crippen LogP contribution in [0.1, 0.15) is 50.2 Å². The second-order valence-corrected chi connectivity index (χ2v) is 11.2. The van der Waals surface area contributed by atoms with Gasteiger partial charge >= 0.3 is 0 Å². The van der Waals surface area contributed by atoms with Gasteiger partial charge in [0.05, 0.1) is 25.0 Å². The lowest BCUT2D eigenvalue weighted by Gasteiger charge is -2.28. The van der Waals surface area contributed by atoms with Crippen LogP contribution in [0, 0.1) is 17.8 Å². The fraction of sp³-hybridized carbons (Fsp3) is 0.394. The third kappa shape index (κ3) is 5.75. The summed E-state index contributed by atoms with van der Waals surface area (Å²) in [5, 5.41) is 27.0. The molecule has 1 aromatic heterocycles. The minimum atomic E-state index is -0.508. The zero-order valence-corrected chi connectivity index (χ0v) is 22.9. The van der Waals surface area contributed by atoms with Crippen molar-refractivity contribution in [3.63, 3.8) is 0 Å². The zero-order valence-electron chi connectivity index (χ0n) is 22.9. The number of aryl methyl sites for hydroxylation is 1. The summed E-state index contributed by atoms with van der Waals surface area (Å²) in [5.41, 5.74) is 10.3. The molecule has 3 aliphatic rings. The van der Waals surface area contributed by atoms with E-state index in [0.29, 0.717) is 38.2 Å². The molecule has 5 N–H and O–H groups in total.